The van der Waals surface area contributed by atoms with Crippen LogP contribution >= 0.6 is 11.8 Å². The summed E-state index contributed by atoms with van der Waals surface area (Å²) in [7, 11) is 1.66. The van der Waals surface area contributed by atoms with Crippen LogP contribution < -0.4 is 10.5 Å². The number of allylic oxidation sites excluding steroid dienone is 1. The van der Waals surface area contributed by atoms with E-state index in [1.54, 1.807) is 7.11 Å². The molecule has 1 saturated heterocycles. The van der Waals surface area contributed by atoms with E-state index in [4.69, 9.17) is 10.5 Å². The Morgan fingerprint density at radius 3 is 2.69 bits per heavy atom. The first kappa shape index (κ1) is 11.4. The van der Waals surface area contributed by atoms with Gasteiger partial charge in [0.15, 0.2) is 0 Å². The maximum atomic E-state index is 5.98. The summed E-state index contributed by atoms with van der Waals surface area (Å²) in [6.07, 6.45) is 4.61. The Morgan fingerprint density at radius 1 is 1.31 bits per heavy atom. The summed E-state index contributed by atoms with van der Waals surface area (Å²) in [5.74, 6) is 3.29. The molecule has 3 heteroatoms. The average molecular weight is 235 g/mol. The molecule has 1 aliphatic heterocycles. The maximum Gasteiger partial charge on any atom is 0.120 e. The molecular weight excluding hydrogens is 218 g/mol. The van der Waals surface area contributed by atoms with Gasteiger partial charge in [0.2, 0.25) is 0 Å². The van der Waals surface area contributed by atoms with Gasteiger partial charge in [-0.3, -0.25) is 0 Å². The summed E-state index contributed by atoms with van der Waals surface area (Å²) >= 11 is 2.03. The zero-order valence-electron chi connectivity index (χ0n) is 9.53. The molecule has 2 rings (SSSR count). The summed E-state index contributed by atoms with van der Waals surface area (Å²) in [4.78, 5) is 0. The van der Waals surface area contributed by atoms with Gasteiger partial charge in [0.1, 0.15) is 5.75 Å². The van der Waals surface area contributed by atoms with Gasteiger partial charge >= 0.3 is 0 Å². The Morgan fingerprint density at radius 2 is 2.06 bits per heavy atom. The number of nitrogen functional groups attached to an aromatic ring is 1. The Bertz CT molecular complexity index is 393. The van der Waals surface area contributed by atoms with Crippen LogP contribution in [0, 0.1) is 0 Å². The van der Waals surface area contributed by atoms with E-state index < -0.39 is 0 Å². The normalized spacial score (nSPS) is 15.9. The second kappa shape index (κ2) is 5.30. The molecule has 16 heavy (non-hydrogen) atoms. The standard InChI is InChI=1S/C13H17NOS/c1-15-12-3-2-11(13(14)9-12)8-10-4-6-16-7-5-10/h2-3,8-9H,4-7,14H2,1H3. The lowest BCUT2D eigenvalue weighted by molar-refractivity contribution is 0.415. The minimum atomic E-state index is 0.796. The Kier molecular flexibility index (Phi) is 3.78. The van der Waals surface area contributed by atoms with Gasteiger partial charge in [-0.25, -0.2) is 0 Å². The van der Waals surface area contributed by atoms with Crippen LogP contribution in [0.3, 0.4) is 0 Å². The summed E-state index contributed by atoms with van der Waals surface area (Å²) in [6, 6.07) is 5.87. The highest BCUT2D eigenvalue weighted by molar-refractivity contribution is 7.99. The first-order valence-electron chi connectivity index (χ1n) is 5.50. The van der Waals surface area contributed by atoms with Crippen LogP contribution in [0.15, 0.2) is 23.8 Å². The van der Waals surface area contributed by atoms with Gasteiger partial charge in [-0.05, 0) is 42.0 Å². The number of nitrogens with two attached hydrogens (primary N) is 1. The van der Waals surface area contributed by atoms with E-state index in [-0.39, 0.29) is 0 Å². The molecule has 1 aromatic rings. The van der Waals surface area contributed by atoms with Crippen LogP contribution in [0.4, 0.5) is 5.69 Å². The van der Waals surface area contributed by atoms with Gasteiger partial charge in [0.25, 0.3) is 0 Å². The number of hydrogen-bond acceptors (Lipinski definition) is 3. The number of thioether (sulfide) groups is 1. The molecule has 0 saturated carbocycles. The Labute approximate surface area is 101 Å². The third-order valence-corrected chi connectivity index (χ3v) is 3.77. The molecule has 0 aliphatic carbocycles. The molecule has 1 fully saturated rings. The van der Waals surface area contributed by atoms with Gasteiger partial charge in [-0.15, -0.1) is 0 Å². The van der Waals surface area contributed by atoms with Gasteiger partial charge in [-0.2, -0.15) is 11.8 Å². The predicted octanol–water partition coefficient (Wildman–Crippen LogP) is 3.19. The van der Waals surface area contributed by atoms with E-state index >= 15 is 0 Å². The van der Waals surface area contributed by atoms with Crippen molar-refractivity contribution in [3.8, 4) is 5.75 Å². The first-order chi connectivity index (χ1) is 7.79. The molecule has 0 spiro atoms. The number of benzene rings is 1. The second-order valence-electron chi connectivity index (χ2n) is 3.91. The molecule has 0 radical (unpaired) electrons. The molecule has 0 bridgehead atoms. The zero-order chi connectivity index (χ0) is 11.4. The largest absolute Gasteiger partial charge is 0.497 e. The molecule has 1 aliphatic rings. The van der Waals surface area contributed by atoms with E-state index in [9.17, 15) is 0 Å². The van der Waals surface area contributed by atoms with Crippen molar-refractivity contribution in [2.45, 2.75) is 12.8 Å². The lowest BCUT2D eigenvalue weighted by Gasteiger charge is -2.14. The molecule has 0 unspecified atom stereocenters. The number of methoxy groups -OCH3 is 1. The molecule has 2 N–H and O–H groups in total. The van der Waals surface area contributed by atoms with E-state index in [1.807, 2.05) is 30.0 Å². The van der Waals surface area contributed by atoms with Crippen LogP contribution in [0.1, 0.15) is 18.4 Å². The van der Waals surface area contributed by atoms with Crippen molar-refractivity contribution >= 4 is 23.5 Å². The average Bonchev–Trinajstić information content (AvgIpc) is 2.33. The second-order valence-corrected chi connectivity index (χ2v) is 5.13. The van der Waals surface area contributed by atoms with Crippen molar-refractivity contribution in [3.63, 3.8) is 0 Å². The highest BCUT2D eigenvalue weighted by atomic mass is 32.2. The van der Waals surface area contributed by atoms with Gasteiger partial charge in [-0.1, -0.05) is 11.6 Å². The predicted molar refractivity (Wildman–Crippen MR) is 71.9 cm³/mol. The summed E-state index contributed by atoms with van der Waals surface area (Å²) in [6.45, 7) is 0. The van der Waals surface area contributed by atoms with Crippen molar-refractivity contribution in [2.24, 2.45) is 0 Å². The van der Waals surface area contributed by atoms with Crippen LogP contribution in [-0.2, 0) is 0 Å². The Hall–Kier alpha value is -1.09. The smallest absolute Gasteiger partial charge is 0.120 e. The van der Waals surface area contributed by atoms with Crippen molar-refractivity contribution < 1.29 is 4.74 Å². The van der Waals surface area contributed by atoms with Crippen LogP contribution in [0.25, 0.3) is 6.08 Å². The molecular formula is C13H17NOS. The van der Waals surface area contributed by atoms with E-state index in [1.165, 1.54) is 29.9 Å². The third-order valence-electron chi connectivity index (χ3n) is 2.79. The fourth-order valence-electron chi connectivity index (χ4n) is 1.81. The third kappa shape index (κ3) is 2.73. The fraction of sp³-hybridized carbons (Fsp3) is 0.385. The fourth-order valence-corrected chi connectivity index (χ4v) is 2.83. The van der Waals surface area contributed by atoms with Crippen molar-refractivity contribution in [1.82, 2.24) is 0 Å². The van der Waals surface area contributed by atoms with Crippen molar-refractivity contribution in [2.75, 3.05) is 24.3 Å². The monoisotopic (exact) mass is 235 g/mol. The zero-order valence-corrected chi connectivity index (χ0v) is 10.3. The molecule has 86 valence electrons. The molecule has 1 aromatic carbocycles. The number of hydrogen-bond donors (Lipinski definition) is 1. The van der Waals surface area contributed by atoms with Gasteiger partial charge in [0.05, 0.1) is 7.11 Å². The van der Waals surface area contributed by atoms with Gasteiger partial charge in [0, 0.05) is 11.8 Å². The summed E-state index contributed by atoms with van der Waals surface area (Å²) in [5.41, 5.74) is 9.40. The highest BCUT2D eigenvalue weighted by Crippen LogP contribution is 2.27. The number of rotatable bonds is 2. The highest BCUT2D eigenvalue weighted by Gasteiger charge is 2.06. The topological polar surface area (TPSA) is 35.2 Å². The maximum absolute atomic E-state index is 5.98. The minimum Gasteiger partial charge on any atom is -0.497 e. The molecule has 0 aromatic heterocycles. The van der Waals surface area contributed by atoms with Crippen LogP contribution in [0.5, 0.6) is 5.75 Å². The molecule has 2 nitrogen and oxygen atoms in total. The van der Waals surface area contributed by atoms with Crippen LogP contribution in [-0.4, -0.2) is 18.6 Å². The molecule has 0 amide bonds. The summed E-state index contributed by atoms with van der Waals surface area (Å²) in [5, 5.41) is 0. The van der Waals surface area contributed by atoms with E-state index in [0.717, 1.165) is 17.0 Å². The van der Waals surface area contributed by atoms with Gasteiger partial charge < -0.3 is 10.5 Å². The van der Waals surface area contributed by atoms with E-state index in [2.05, 4.69) is 6.08 Å². The van der Waals surface area contributed by atoms with E-state index in [0.29, 0.717) is 0 Å². The Balaban J connectivity index is 2.20. The SMILES string of the molecule is COc1ccc(C=C2CCSCC2)c(N)c1. The summed E-state index contributed by atoms with van der Waals surface area (Å²) < 4.78 is 5.14. The quantitative estimate of drug-likeness (QED) is 0.800. The lowest BCUT2D eigenvalue weighted by atomic mass is 10.0. The number of ether oxygens (including phenoxy) is 1. The van der Waals surface area contributed by atoms with Crippen molar-refractivity contribution in [3.05, 3.63) is 29.3 Å². The number of anilines is 1. The first-order valence-corrected chi connectivity index (χ1v) is 6.66. The minimum absolute atomic E-state index is 0.796. The van der Waals surface area contributed by atoms with Crippen molar-refractivity contribution in [1.29, 1.82) is 0 Å². The molecule has 1 heterocycles. The van der Waals surface area contributed by atoms with Crippen LogP contribution in [0.2, 0.25) is 0 Å². The lowest BCUT2D eigenvalue weighted by Crippen LogP contribution is -1.99. The molecule has 0 atom stereocenters.